The van der Waals surface area contributed by atoms with Gasteiger partial charge in [0.2, 0.25) is 0 Å². The topological polar surface area (TPSA) is 58.5 Å². The van der Waals surface area contributed by atoms with E-state index in [1.165, 1.54) is 6.07 Å². The first-order valence-electron chi connectivity index (χ1n) is 4.71. The van der Waals surface area contributed by atoms with Gasteiger partial charge in [-0.25, -0.2) is 0 Å². The van der Waals surface area contributed by atoms with Crippen LogP contribution >= 0.6 is 12.2 Å². The minimum atomic E-state index is -3.69. The Morgan fingerprint density at radius 2 is 1.82 bits per heavy atom. The molecule has 2 rings (SSSR count). The zero-order valence-electron chi connectivity index (χ0n) is 8.62. The van der Waals surface area contributed by atoms with Crippen molar-refractivity contribution in [2.24, 2.45) is 5.10 Å². The second-order valence-electron chi connectivity index (χ2n) is 3.28. The summed E-state index contributed by atoms with van der Waals surface area (Å²) in [6.07, 6.45) is 0. The van der Waals surface area contributed by atoms with Crippen LogP contribution in [0.5, 0.6) is 0 Å². The fourth-order valence-electron chi connectivity index (χ4n) is 1.56. The maximum atomic E-state index is 11.9. The van der Waals surface area contributed by atoms with Crippen molar-refractivity contribution in [1.82, 2.24) is 4.83 Å². The molecule has 0 amide bonds. The molecule has 1 N–H and O–H groups in total. The Hall–Kier alpha value is -1.75. The number of hydrogen-bond acceptors (Lipinski definition) is 4. The standard InChI is InChI=1S/C11H8N2O2S2/c14-17(15,13-12-8-16)11-7-3-5-9-4-1-2-6-10(9)11/h1-7,13H. The van der Waals surface area contributed by atoms with Crippen molar-refractivity contribution in [2.75, 3.05) is 0 Å². The zero-order chi connectivity index (χ0) is 12.3. The molecule has 0 bridgehead atoms. The van der Waals surface area contributed by atoms with Crippen molar-refractivity contribution < 1.29 is 8.42 Å². The minimum Gasteiger partial charge on any atom is -0.200 e. The predicted molar refractivity (Wildman–Crippen MR) is 69.3 cm³/mol. The summed E-state index contributed by atoms with van der Waals surface area (Å²) in [6.45, 7) is 0. The molecule has 17 heavy (non-hydrogen) atoms. The van der Waals surface area contributed by atoms with Crippen LogP contribution in [0.3, 0.4) is 0 Å². The van der Waals surface area contributed by atoms with Crippen LogP contribution in [-0.4, -0.2) is 13.6 Å². The van der Waals surface area contributed by atoms with Gasteiger partial charge in [0.25, 0.3) is 10.0 Å². The van der Waals surface area contributed by atoms with Gasteiger partial charge in [-0.05, 0) is 23.7 Å². The molecular formula is C11H8N2O2S2. The normalized spacial score (nSPS) is 10.8. The van der Waals surface area contributed by atoms with Crippen LogP contribution in [-0.2, 0) is 10.0 Å². The molecule has 0 unspecified atom stereocenters. The monoisotopic (exact) mass is 264 g/mol. The van der Waals surface area contributed by atoms with E-state index in [9.17, 15) is 8.42 Å². The zero-order valence-corrected chi connectivity index (χ0v) is 10.3. The quantitative estimate of drug-likeness (QED) is 0.525. The third-order valence-corrected chi connectivity index (χ3v) is 3.61. The Morgan fingerprint density at radius 3 is 2.59 bits per heavy atom. The van der Waals surface area contributed by atoms with Crippen molar-refractivity contribution in [3.63, 3.8) is 0 Å². The van der Waals surface area contributed by atoms with E-state index in [0.717, 1.165) is 5.39 Å². The van der Waals surface area contributed by atoms with Crippen molar-refractivity contribution in [1.29, 1.82) is 0 Å². The van der Waals surface area contributed by atoms with Gasteiger partial charge >= 0.3 is 0 Å². The average molecular weight is 264 g/mol. The van der Waals surface area contributed by atoms with Gasteiger partial charge in [0.15, 0.2) is 0 Å². The fourth-order valence-corrected chi connectivity index (χ4v) is 2.66. The fraction of sp³-hybridized carbons (Fsp3) is 0. The molecule has 0 aliphatic heterocycles. The van der Waals surface area contributed by atoms with Gasteiger partial charge in [0, 0.05) is 5.39 Å². The number of nitrogens with zero attached hydrogens (tertiary/aromatic N) is 1. The number of thiocarbonyl (C=S) groups is 1. The number of sulfonamides is 1. The van der Waals surface area contributed by atoms with Crippen LogP contribution < -0.4 is 4.83 Å². The predicted octanol–water partition coefficient (Wildman–Crippen LogP) is 2.14. The van der Waals surface area contributed by atoms with Gasteiger partial charge in [-0.1, -0.05) is 36.4 Å². The summed E-state index contributed by atoms with van der Waals surface area (Å²) in [4.78, 5) is 2.17. The maximum Gasteiger partial charge on any atom is 0.277 e. The van der Waals surface area contributed by atoms with Crippen molar-refractivity contribution in [3.05, 3.63) is 42.5 Å². The lowest BCUT2D eigenvalue weighted by Gasteiger charge is -2.06. The number of nitrogens with one attached hydrogen (secondary N) is 1. The summed E-state index contributed by atoms with van der Waals surface area (Å²) in [5, 5.41) is 6.70. The minimum absolute atomic E-state index is 0.171. The summed E-state index contributed by atoms with van der Waals surface area (Å²) in [5.74, 6) is 0. The molecule has 0 heterocycles. The second kappa shape index (κ2) is 4.63. The lowest BCUT2D eigenvalue weighted by Crippen LogP contribution is -2.17. The first kappa shape index (κ1) is 11.7. The molecule has 0 aromatic heterocycles. The van der Waals surface area contributed by atoms with Gasteiger partial charge < -0.3 is 0 Å². The van der Waals surface area contributed by atoms with E-state index in [4.69, 9.17) is 0 Å². The molecule has 2 aromatic carbocycles. The van der Waals surface area contributed by atoms with Crippen molar-refractivity contribution in [2.45, 2.75) is 4.90 Å². The molecule has 0 aliphatic carbocycles. The van der Waals surface area contributed by atoms with Crippen LogP contribution in [0, 0.1) is 0 Å². The lowest BCUT2D eigenvalue weighted by atomic mass is 10.1. The lowest BCUT2D eigenvalue weighted by molar-refractivity contribution is 0.585. The number of benzene rings is 2. The number of fused-ring (bicyclic) bond motifs is 1. The van der Waals surface area contributed by atoms with Gasteiger partial charge in [-0.2, -0.15) is 13.2 Å². The molecule has 0 aliphatic rings. The molecule has 0 spiro atoms. The molecule has 0 fully saturated rings. The Labute approximate surface area is 104 Å². The largest absolute Gasteiger partial charge is 0.277 e. The highest BCUT2D eigenvalue weighted by atomic mass is 32.2. The van der Waals surface area contributed by atoms with E-state index in [-0.39, 0.29) is 4.90 Å². The van der Waals surface area contributed by atoms with E-state index in [2.05, 4.69) is 17.3 Å². The molecule has 2 aromatic rings. The summed E-state index contributed by atoms with van der Waals surface area (Å²) >= 11 is 4.32. The summed E-state index contributed by atoms with van der Waals surface area (Å²) in [7, 11) is -3.69. The van der Waals surface area contributed by atoms with E-state index in [0.29, 0.717) is 5.39 Å². The highest BCUT2D eigenvalue weighted by Crippen LogP contribution is 2.22. The molecule has 86 valence electrons. The first-order valence-corrected chi connectivity index (χ1v) is 6.61. The van der Waals surface area contributed by atoms with Crippen LogP contribution in [0.1, 0.15) is 0 Å². The third kappa shape index (κ3) is 2.34. The van der Waals surface area contributed by atoms with Crippen LogP contribution in [0.15, 0.2) is 52.5 Å². The highest BCUT2D eigenvalue weighted by molar-refractivity contribution is 7.89. The smallest absolute Gasteiger partial charge is 0.200 e. The molecule has 6 heteroatoms. The second-order valence-corrected chi connectivity index (χ2v) is 5.09. The van der Waals surface area contributed by atoms with Crippen LogP contribution in [0.2, 0.25) is 0 Å². The molecule has 0 atom stereocenters. The van der Waals surface area contributed by atoms with Crippen LogP contribution in [0.25, 0.3) is 10.8 Å². The molecule has 4 nitrogen and oxygen atoms in total. The van der Waals surface area contributed by atoms with Crippen molar-refractivity contribution >= 4 is 38.2 Å². The average Bonchev–Trinajstić information content (AvgIpc) is 2.36. The Balaban J connectivity index is 2.67. The van der Waals surface area contributed by atoms with Crippen molar-refractivity contribution in [3.8, 4) is 0 Å². The van der Waals surface area contributed by atoms with E-state index in [1.54, 1.807) is 18.2 Å². The molecule has 0 saturated heterocycles. The van der Waals surface area contributed by atoms with E-state index in [1.807, 2.05) is 28.2 Å². The van der Waals surface area contributed by atoms with E-state index < -0.39 is 10.0 Å². The maximum absolute atomic E-state index is 11.9. The van der Waals surface area contributed by atoms with Crippen LogP contribution in [0.4, 0.5) is 0 Å². The number of hydrazone groups is 1. The van der Waals surface area contributed by atoms with Gasteiger partial charge in [-0.3, -0.25) is 0 Å². The SMILES string of the molecule is O=S(=O)(NN=C=S)c1cccc2ccccc12. The number of rotatable bonds is 3. The molecule has 0 saturated carbocycles. The molecule has 0 radical (unpaired) electrons. The van der Waals surface area contributed by atoms with E-state index >= 15 is 0 Å². The van der Waals surface area contributed by atoms with Gasteiger partial charge in [0.05, 0.1) is 10.1 Å². The molecular weight excluding hydrogens is 256 g/mol. The number of isothiocyanates is 1. The summed E-state index contributed by atoms with van der Waals surface area (Å²) in [6, 6.07) is 12.3. The summed E-state index contributed by atoms with van der Waals surface area (Å²) in [5.41, 5.74) is 0. The summed E-state index contributed by atoms with van der Waals surface area (Å²) < 4.78 is 23.8. The number of hydrogen-bond donors (Lipinski definition) is 1. The Bertz CT molecular complexity index is 699. The Kier molecular flexibility index (Phi) is 3.19. The Morgan fingerprint density at radius 1 is 1.12 bits per heavy atom. The first-order chi connectivity index (χ1) is 8.15. The third-order valence-electron chi connectivity index (χ3n) is 2.25. The van der Waals surface area contributed by atoms with Gasteiger partial charge in [0.1, 0.15) is 0 Å². The van der Waals surface area contributed by atoms with Gasteiger partial charge in [-0.15, -0.1) is 5.10 Å². The highest BCUT2D eigenvalue weighted by Gasteiger charge is 2.15.